The molecule has 0 unspecified atom stereocenters. The lowest BCUT2D eigenvalue weighted by Gasteiger charge is -2.44. The van der Waals surface area contributed by atoms with Gasteiger partial charge in [-0.05, 0) is 55.0 Å². The third kappa shape index (κ3) is 5.17. The quantitative estimate of drug-likeness (QED) is 0.291. The molecular formula is C34H31ClFNO4. The standard InChI is InChI=1S/C34H31ClFNO4/c1-40-30-18-23(17-24(35)34(30)41-20-22-11-5-6-12-25(22)36)31-32-26(13-7-15-28(32)38)37(19-21-9-3-2-4-10-21)27-14-8-16-29(39)33(27)31/h2-6,9-12,17-18,31H,7-8,13-16,19-20H2,1H3. The van der Waals surface area contributed by atoms with E-state index in [1.165, 1.54) is 13.2 Å². The summed E-state index contributed by atoms with van der Waals surface area (Å²) in [4.78, 5) is 29.5. The normalized spacial score (nSPS) is 17.5. The maximum atomic E-state index is 14.2. The zero-order chi connectivity index (χ0) is 28.5. The summed E-state index contributed by atoms with van der Waals surface area (Å²) < 4.78 is 25.8. The fraction of sp³-hybridized carbons (Fsp3) is 0.294. The van der Waals surface area contributed by atoms with Gasteiger partial charge in [-0.2, -0.15) is 0 Å². The Morgan fingerprint density at radius 1 is 0.878 bits per heavy atom. The van der Waals surface area contributed by atoms with E-state index in [9.17, 15) is 14.0 Å². The molecule has 0 spiro atoms. The third-order valence-corrected chi connectivity index (χ3v) is 8.47. The summed E-state index contributed by atoms with van der Waals surface area (Å²) in [6, 6.07) is 20.1. The largest absolute Gasteiger partial charge is 0.493 e. The molecule has 7 heteroatoms. The van der Waals surface area contributed by atoms with Crippen molar-refractivity contribution in [3.63, 3.8) is 0 Å². The Kier molecular flexibility index (Phi) is 7.67. The number of nitrogens with zero attached hydrogens (tertiary/aromatic N) is 1. The molecule has 0 fully saturated rings. The number of carbonyl (C=O) groups excluding carboxylic acids is 2. The molecule has 41 heavy (non-hydrogen) atoms. The summed E-state index contributed by atoms with van der Waals surface area (Å²) in [5.41, 5.74) is 5.60. The zero-order valence-electron chi connectivity index (χ0n) is 22.9. The van der Waals surface area contributed by atoms with Crippen LogP contribution in [0.2, 0.25) is 5.02 Å². The molecule has 0 N–H and O–H groups in total. The van der Waals surface area contributed by atoms with Crippen molar-refractivity contribution in [2.75, 3.05) is 7.11 Å². The van der Waals surface area contributed by atoms with Crippen molar-refractivity contribution >= 4 is 23.2 Å². The minimum absolute atomic E-state index is 0.0262. The van der Waals surface area contributed by atoms with Crippen LogP contribution in [0, 0.1) is 5.82 Å². The van der Waals surface area contributed by atoms with Gasteiger partial charge in [-0.25, -0.2) is 4.39 Å². The van der Waals surface area contributed by atoms with Gasteiger partial charge in [-0.15, -0.1) is 0 Å². The van der Waals surface area contributed by atoms with Gasteiger partial charge in [0.1, 0.15) is 12.4 Å². The first-order valence-electron chi connectivity index (χ1n) is 14.0. The van der Waals surface area contributed by atoms with E-state index in [4.69, 9.17) is 21.1 Å². The first-order valence-corrected chi connectivity index (χ1v) is 14.4. The topological polar surface area (TPSA) is 55.8 Å². The van der Waals surface area contributed by atoms with Gasteiger partial charge in [-0.1, -0.05) is 60.1 Å². The van der Waals surface area contributed by atoms with Gasteiger partial charge in [0.15, 0.2) is 23.1 Å². The Balaban J connectivity index is 1.45. The van der Waals surface area contributed by atoms with Crippen LogP contribution in [-0.2, 0) is 22.7 Å². The number of methoxy groups -OCH3 is 1. The van der Waals surface area contributed by atoms with Crippen molar-refractivity contribution in [3.05, 3.63) is 117 Å². The van der Waals surface area contributed by atoms with Crippen LogP contribution in [0.1, 0.15) is 61.1 Å². The van der Waals surface area contributed by atoms with E-state index in [0.29, 0.717) is 41.8 Å². The number of allylic oxidation sites excluding steroid dienone is 4. The number of hydrogen-bond acceptors (Lipinski definition) is 5. The Morgan fingerprint density at radius 3 is 2.15 bits per heavy atom. The highest BCUT2D eigenvalue weighted by Gasteiger charge is 2.43. The first kappa shape index (κ1) is 27.3. The lowest BCUT2D eigenvalue weighted by Crippen LogP contribution is -2.38. The van der Waals surface area contributed by atoms with Crippen LogP contribution >= 0.6 is 11.6 Å². The van der Waals surface area contributed by atoms with E-state index in [2.05, 4.69) is 17.0 Å². The SMILES string of the molecule is COc1cc(C2C3=C(CCCC3=O)N(Cc3ccccc3)C3=C2C(=O)CCC3)cc(Cl)c1OCc1ccccc1F. The molecule has 0 aromatic heterocycles. The zero-order valence-corrected chi connectivity index (χ0v) is 23.7. The second-order valence-corrected chi connectivity index (χ2v) is 11.1. The summed E-state index contributed by atoms with van der Waals surface area (Å²) in [6.45, 7) is 0.584. The maximum Gasteiger partial charge on any atom is 0.180 e. The van der Waals surface area contributed by atoms with Gasteiger partial charge in [-0.3, -0.25) is 9.59 Å². The van der Waals surface area contributed by atoms with E-state index >= 15 is 0 Å². The van der Waals surface area contributed by atoms with Crippen molar-refractivity contribution in [1.29, 1.82) is 0 Å². The van der Waals surface area contributed by atoms with Crippen LogP contribution in [0.3, 0.4) is 0 Å². The van der Waals surface area contributed by atoms with E-state index in [1.54, 1.807) is 30.3 Å². The lowest BCUT2D eigenvalue weighted by atomic mass is 9.71. The van der Waals surface area contributed by atoms with Crippen LogP contribution < -0.4 is 9.47 Å². The van der Waals surface area contributed by atoms with E-state index < -0.39 is 5.92 Å². The van der Waals surface area contributed by atoms with E-state index in [1.807, 2.05) is 18.2 Å². The minimum atomic E-state index is -0.528. The molecule has 1 aliphatic heterocycles. The highest BCUT2D eigenvalue weighted by atomic mass is 35.5. The smallest absolute Gasteiger partial charge is 0.180 e. The number of Topliss-reactive ketones (excluding diaryl/α,β-unsaturated/α-hetero) is 2. The Morgan fingerprint density at radius 2 is 1.51 bits per heavy atom. The molecule has 3 aromatic carbocycles. The third-order valence-electron chi connectivity index (χ3n) is 8.18. The number of ether oxygens (including phenoxy) is 2. The minimum Gasteiger partial charge on any atom is -0.493 e. The fourth-order valence-corrected chi connectivity index (χ4v) is 6.59. The number of benzene rings is 3. The number of rotatable bonds is 7. The van der Waals surface area contributed by atoms with Crippen molar-refractivity contribution in [3.8, 4) is 11.5 Å². The predicted molar refractivity (Wildman–Crippen MR) is 155 cm³/mol. The Labute approximate surface area is 244 Å². The predicted octanol–water partition coefficient (Wildman–Crippen LogP) is 7.68. The van der Waals surface area contributed by atoms with E-state index in [-0.39, 0.29) is 34.8 Å². The molecule has 3 aromatic rings. The number of hydrogen-bond donors (Lipinski definition) is 0. The highest BCUT2D eigenvalue weighted by molar-refractivity contribution is 6.32. The van der Waals surface area contributed by atoms with Crippen LogP contribution in [0.25, 0.3) is 0 Å². The van der Waals surface area contributed by atoms with Gasteiger partial charge in [0.2, 0.25) is 0 Å². The average molecular weight is 572 g/mol. The molecule has 0 saturated carbocycles. The molecule has 5 nitrogen and oxygen atoms in total. The van der Waals surface area contributed by atoms with Crippen LogP contribution in [-0.4, -0.2) is 23.6 Å². The second-order valence-electron chi connectivity index (χ2n) is 10.7. The molecule has 0 atom stereocenters. The van der Waals surface area contributed by atoms with Crippen molar-refractivity contribution in [1.82, 2.24) is 4.90 Å². The summed E-state index contributed by atoms with van der Waals surface area (Å²) >= 11 is 6.79. The van der Waals surface area contributed by atoms with Gasteiger partial charge >= 0.3 is 0 Å². The monoisotopic (exact) mass is 571 g/mol. The van der Waals surface area contributed by atoms with Crippen molar-refractivity contribution in [2.24, 2.45) is 0 Å². The first-order chi connectivity index (χ1) is 20.0. The van der Waals surface area contributed by atoms with Crippen LogP contribution in [0.5, 0.6) is 11.5 Å². The molecule has 2 aliphatic carbocycles. The maximum absolute atomic E-state index is 14.2. The molecule has 0 saturated heterocycles. The summed E-state index contributed by atoms with van der Waals surface area (Å²) in [6.07, 6.45) is 3.98. The molecule has 3 aliphatic rings. The van der Waals surface area contributed by atoms with Crippen LogP contribution in [0.4, 0.5) is 4.39 Å². The fourth-order valence-electron chi connectivity index (χ4n) is 6.32. The molecular weight excluding hydrogens is 541 g/mol. The molecule has 0 bridgehead atoms. The molecule has 1 heterocycles. The van der Waals surface area contributed by atoms with Crippen LogP contribution in [0.15, 0.2) is 89.3 Å². The highest BCUT2D eigenvalue weighted by Crippen LogP contribution is 2.51. The summed E-state index contributed by atoms with van der Waals surface area (Å²) in [7, 11) is 1.51. The van der Waals surface area contributed by atoms with E-state index in [0.717, 1.165) is 48.2 Å². The van der Waals surface area contributed by atoms with Gasteiger partial charge in [0.05, 0.1) is 12.1 Å². The van der Waals surface area contributed by atoms with Gasteiger partial charge in [0.25, 0.3) is 0 Å². The number of ketones is 2. The van der Waals surface area contributed by atoms with Crippen molar-refractivity contribution < 1.29 is 23.5 Å². The Bertz CT molecular complexity index is 1530. The van der Waals surface area contributed by atoms with Crippen molar-refractivity contribution in [2.45, 2.75) is 57.6 Å². The molecule has 6 rings (SSSR count). The molecule has 0 radical (unpaired) electrons. The van der Waals surface area contributed by atoms with Gasteiger partial charge < -0.3 is 14.4 Å². The average Bonchev–Trinajstić information content (AvgIpc) is 2.98. The second kappa shape index (κ2) is 11.5. The molecule has 210 valence electrons. The summed E-state index contributed by atoms with van der Waals surface area (Å²) in [5, 5.41) is 0.276. The summed E-state index contributed by atoms with van der Waals surface area (Å²) in [5.74, 6) is -0.113. The molecule has 0 amide bonds. The number of carbonyl (C=O) groups is 2. The lowest BCUT2D eigenvalue weighted by molar-refractivity contribution is -0.117. The Hall–Kier alpha value is -3.90. The van der Waals surface area contributed by atoms with Gasteiger partial charge in [0, 0.05) is 53.4 Å². The number of halogens is 2.